The minimum Gasteiger partial charge on any atom is -0.370 e. The molecular formula is C19H19ClN4S. The summed E-state index contributed by atoms with van der Waals surface area (Å²) in [4.78, 5) is 11.1. The molecule has 0 saturated carbocycles. The normalized spacial score (nSPS) is 14.7. The number of hydrogen-bond acceptors (Lipinski definition) is 5. The van der Waals surface area contributed by atoms with Crippen LogP contribution < -0.4 is 10.2 Å². The summed E-state index contributed by atoms with van der Waals surface area (Å²) in [7, 11) is 0. The van der Waals surface area contributed by atoms with E-state index in [9.17, 15) is 0 Å². The van der Waals surface area contributed by atoms with E-state index in [-0.39, 0.29) is 0 Å². The first-order chi connectivity index (χ1) is 12.3. The van der Waals surface area contributed by atoms with Crippen LogP contribution in [0.2, 0.25) is 5.02 Å². The predicted molar refractivity (Wildman–Crippen MR) is 108 cm³/mol. The average Bonchev–Trinajstić information content (AvgIpc) is 2.67. The molecule has 0 unspecified atom stereocenters. The molecule has 0 aliphatic carbocycles. The van der Waals surface area contributed by atoms with Gasteiger partial charge in [0.15, 0.2) is 0 Å². The van der Waals surface area contributed by atoms with E-state index in [1.165, 1.54) is 22.8 Å². The Balaban J connectivity index is 1.46. The van der Waals surface area contributed by atoms with Crippen molar-refractivity contribution in [3.8, 4) is 0 Å². The molecule has 1 N–H and O–H groups in total. The molecule has 0 atom stereocenters. The molecule has 128 valence electrons. The topological polar surface area (TPSA) is 41.0 Å². The second-order valence-corrected chi connectivity index (χ2v) is 7.66. The summed E-state index contributed by atoms with van der Waals surface area (Å²) in [6.07, 6.45) is 1.57. The maximum Gasteiger partial charge on any atom is 0.137 e. The highest BCUT2D eigenvalue weighted by molar-refractivity contribution is 7.99. The summed E-state index contributed by atoms with van der Waals surface area (Å²) >= 11 is 8.07. The fraction of sp³-hybridized carbons (Fsp3) is 0.263. The Morgan fingerprint density at radius 1 is 1.04 bits per heavy atom. The summed E-state index contributed by atoms with van der Waals surface area (Å²) in [6, 6.07) is 14.5. The van der Waals surface area contributed by atoms with Crippen LogP contribution in [-0.4, -0.2) is 34.6 Å². The molecule has 25 heavy (non-hydrogen) atoms. The van der Waals surface area contributed by atoms with Gasteiger partial charge in [0.1, 0.15) is 12.1 Å². The number of benzene rings is 2. The van der Waals surface area contributed by atoms with Gasteiger partial charge in [-0.1, -0.05) is 23.7 Å². The van der Waals surface area contributed by atoms with Crippen molar-refractivity contribution in [3.63, 3.8) is 0 Å². The monoisotopic (exact) mass is 370 g/mol. The lowest BCUT2D eigenvalue weighted by Gasteiger charge is -2.28. The summed E-state index contributed by atoms with van der Waals surface area (Å²) in [5.74, 6) is 3.26. The van der Waals surface area contributed by atoms with Crippen LogP contribution in [0.1, 0.15) is 5.56 Å². The number of nitrogens with zero attached hydrogens (tertiary/aromatic N) is 3. The van der Waals surface area contributed by atoms with Crippen molar-refractivity contribution in [3.05, 3.63) is 59.4 Å². The number of aromatic nitrogens is 2. The highest BCUT2D eigenvalue weighted by Gasteiger charge is 2.11. The van der Waals surface area contributed by atoms with Crippen LogP contribution in [0.3, 0.4) is 0 Å². The van der Waals surface area contributed by atoms with Crippen molar-refractivity contribution in [1.82, 2.24) is 9.97 Å². The number of halogens is 1. The summed E-state index contributed by atoms with van der Waals surface area (Å²) in [5.41, 5.74) is 3.39. The van der Waals surface area contributed by atoms with E-state index in [2.05, 4.69) is 44.5 Å². The lowest BCUT2D eigenvalue weighted by molar-refractivity contribution is 0.858. The van der Waals surface area contributed by atoms with Crippen molar-refractivity contribution >= 4 is 45.8 Å². The standard InChI is InChI=1S/C19H19ClN4S/c20-15-3-6-17-18(11-15)22-13-23-19(17)21-12-14-1-4-16(5-2-14)24-7-9-25-10-8-24/h1-6,11,13H,7-10,12H2,(H,21,22,23). The van der Waals surface area contributed by atoms with Crippen molar-refractivity contribution < 1.29 is 0 Å². The Hall–Kier alpha value is -1.98. The van der Waals surface area contributed by atoms with Crippen molar-refractivity contribution in [2.24, 2.45) is 0 Å². The Morgan fingerprint density at radius 2 is 1.84 bits per heavy atom. The Kier molecular flexibility index (Phi) is 4.95. The molecule has 1 aliphatic rings. The third-order valence-electron chi connectivity index (χ3n) is 4.37. The van der Waals surface area contributed by atoms with Gasteiger partial charge in [-0.05, 0) is 35.9 Å². The summed E-state index contributed by atoms with van der Waals surface area (Å²) < 4.78 is 0. The molecule has 0 radical (unpaired) electrons. The van der Waals surface area contributed by atoms with Gasteiger partial charge in [-0.2, -0.15) is 11.8 Å². The Morgan fingerprint density at radius 3 is 2.64 bits per heavy atom. The molecule has 1 fully saturated rings. The van der Waals surface area contributed by atoms with Gasteiger partial charge < -0.3 is 10.2 Å². The molecule has 4 nitrogen and oxygen atoms in total. The summed E-state index contributed by atoms with van der Waals surface area (Å²) in [6.45, 7) is 3.00. The van der Waals surface area contributed by atoms with Crippen LogP contribution in [0.15, 0.2) is 48.8 Å². The quantitative estimate of drug-likeness (QED) is 0.734. The molecule has 4 rings (SSSR count). The third-order valence-corrected chi connectivity index (χ3v) is 5.55. The maximum atomic E-state index is 6.04. The van der Waals surface area contributed by atoms with Crippen LogP contribution in [0, 0.1) is 0 Å². The van der Waals surface area contributed by atoms with Gasteiger partial charge in [0, 0.05) is 47.2 Å². The van der Waals surface area contributed by atoms with E-state index in [4.69, 9.17) is 11.6 Å². The van der Waals surface area contributed by atoms with Crippen molar-refractivity contribution in [2.75, 3.05) is 34.8 Å². The molecule has 1 saturated heterocycles. The zero-order chi connectivity index (χ0) is 17.1. The predicted octanol–water partition coefficient (Wildman–Crippen LogP) is 4.45. The SMILES string of the molecule is Clc1ccc2c(NCc3ccc(N4CCSCC4)cc3)ncnc2c1. The van der Waals surface area contributed by atoms with Gasteiger partial charge >= 0.3 is 0 Å². The smallest absolute Gasteiger partial charge is 0.137 e. The minimum absolute atomic E-state index is 0.684. The second-order valence-electron chi connectivity index (χ2n) is 6.00. The number of rotatable bonds is 4. The number of fused-ring (bicyclic) bond motifs is 1. The molecule has 2 aromatic carbocycles. The van der Waals surface area contributed by atoms with Crippen LogP contribution in [-0.2, 0) is 6.54 Å². The van der Waals surface area contributed by atoms with Gasteiger partial charge in [-0.15, -0.1) is 0 Å². The van der Waals surface area contributed by atoms with E-state index in [1.807, 2.05) is 30.0 Å². The van der Waals surface area contributed by atoms with Gasteiger partial charge in [0.25, 0.3) is 0 Å². The lowest BCUT2D eigenvalue weighted by Crippen LogP contribution is -2.32. The van der Waals surface area contributed by atoms with Gasteiger partial charge in [-0.3, -0.25) is 0 Å². The van der Waals surface area contributed by atoms with Gasteiger partial charge in [0.2, 0.25) is 0 Å². The third kappa shape index (κ3) is 3.83. The van der Waals surface area contributed by atoms with E-state index < -0.39 is 0 Å². The van der Waals surface area contributed by atoms with Crippen LogP contribution in [0.4, 0.5) is 11.5 Å². The number of hydrogen-bond donors (Lipinski definition) is 1. The number of anilines is 2. The molecule has 6 heteroatoms. The van der Waals surface area contributed by atoms with Gasteiger partial charge in [0.05, 0.1) is 5.52 Å². The lowest BCUT2D eigenvalue weighted by atomic mass is 10.2. The average molecular weight is 371 g/mol. The molecule has 1 aromatic heterocycles. The first-order valence-electron chi connectivity index (χ1n) is 8.35. The zero-order valence-electron chi connectivity index (χ0n) is 13.8. The fourth-order valence-corrected chi connectivity index (χ4v) is 4.07. The zero-order valence-corrected chi connectivity index (χ0v) is 15.4. The first-order valence-corrected chi connectivity index (χ1v) is 9.89. The van der Waals surface area contributed by atoms with Crippen molar-refractivity contribution in [1.29, 1.82) is 0 Å². The summed E-state index contributed by atoms with van der Waals surface area (Å²) in [5, 5.41) is 5.08. The fourth-order valence-electron chi connectivity index (χ4n) is 3.00. The number of thioether (sulfide) groups is 1. The largest absolute Gasteiger partial charge is 0.370 e. The molecule has 0 amide bonds. The highest BCUT2D eigenvalue weighted by Crippen LogP contribution is 2.24. The molecule has 0 spiro atoms. The molecule has 3 aromatic rings. The molecule has 2 heterocycles. The van der Waals surface area contributed by atoms with Crippen molar-refractivity contribution in [2.45, 2.75) is 6.54 Å². The molecular weight excluding hydrogens is 352 g/mol. The highest BCUT2D eigenvalue weighted by atomic mass is 35.5. The van der Waals surface area contributed by atoms with E-state index in [0.717, 1.165) is 36.4 Å². The van der Waals surface area contributed by atoms with Crippen LogP contribution in [0.5, 0.6) is 0 Å². The number of nitrogens with one attached hydrogen (secondary N) is 1. The first kappa shape index (κ1) is 16.5. The van der Waals surface area contributed by atoms with Gasteiger partial charge in [-0.25, -0.2) is 9.97 Å². The van der Waals surface area contributed by atoms with E-state index in [0.29, 0.717) is 5.02 Å². The van der Waals surface area contributed by atoms with E-state index >= 15 is 0 Å². The maximum absolute atomic E-state index is 6.04. The Bertz CT molecular complexity index is 863. The minimum atomic E-state index is 0.684. The molecule has 1 aliphatic heterocycles. The van der Waals surface area contributed by atoms with E-state index in [1.54, 1.807) is 6.33 Å². The second kappa shape index (κ2) is 7.50. The molecule has 0 bridgehead atoms. The Labute approximate surface area is 156 Å². The van der Waals surface area contributed by atoms with Crippen LogP contribution in [0.25, 0.3) is 10.9 Å². The van der Waals surface area contributed by atoms with Crippen LogP contribution >= 0.6 is 23.4 Å².